The highest BCUT2D eigenvalue weighted by molar-refractivity contribution is 5.82. The van der Waals surface area contributed by atoms with Crippen LogP contribution in [0, 0.1) is 11.8 Å². The first-order valence-corrected chi connectivity index (χ1v) is 5.82. The number of hydrogen-bond acceptors (Lipinski definition) is 1. The summed E-state index contributed by atoms with van der Waals surface area (Å²) in [6.07, 6.45) is 4.02. The molecule has 1 saturated carbocycles. The first kappa shape index (κ1) is 10.4. The molecule has 1 heteroatoms. The van der Waals surface area contributed by atoms with Gasteiger partial charge in [0.15, 0.2) is 0 Å². The van der Waals surface area contributed by atoms with Gasteiger partial charge in [-0.25, -0.2) is 0 Å². The van der Waals surface area contributed by atoms with Crippen LogP contribution in [0.5, 0.6) is 0 Å². The predicted molar refractivity (Wildman–Crippen MR) is 61.7 cm³/mol. The third kappa shape index (κ3) is 2.68. The Kier molecular flexibility index (Phi) is 3.20. The summed E-state index contributed by atoms with van der Waals surface area (Å²) in [5.74, 6) is 1.35. The Morgan fingerprint density at radius 1 is 1.20 bits per heavy atom. The number of hydrogen-bond donors (Lipinski definition) is 0. The summed E-state index contributed by atoms with van der Waals surface area (Å²) in [6, 6.07) is 10.3. The van der Waals surface area contributed by atoms with Gasteiger partial charge in [-0.05, 0) is 30.7 Å². The minimum absolute atomic E-state index is 0.281. The lowest BCUT2D eigenvalue weighted by Crippen LogP contribution is -2.25. The molecule has 1 aliphatic rings. The van der Waals surface area contributed by atoms with E-state index in [1.165, 1.54) is 12.0 Å². The number of Topliss-reactive ketones (excluding diaryl/α,β-unsaturated/α-hetero) is 1. The monoisotopic (exact) mass is 202 g/mol. The average molecular weight is 202 g/mol. The highest BCUT2D eigenvalue weighted by Gasteiger charge is 2.25. The second-order valence-corrected chi connectivity index (χ2v) is 4.74. The van der Waals surface area contributed by atoms with Crippen molar-refractivity contribution in [3.8, 4) is 0 Å². The first-order valence-electron chi connectivity index (χ1n) is 5.82. The van der Waals surface area contributed by atoms with Crippen molar-refractivity contribution in [3.63, 3.8) is 0 Å². The standard InChI is InChI=1S/C14H18O/c1-11-7-8-13(14(15)9-11)10-12-5-3-2-4-6-12/h2-6,11,13H,7-10H2,1H3/t11-,13?/m1/s1. The van der Waals surface area contributed by atoms with Gasteiger partial charge in [0.05, 0.1) is 0 Å². The van der Waals surface area contributed by atoms with Gasteiger partial charge in [-0.15, -0.1) is 0 Å². The molecular formula is C14H18O. The largest absolute Gasteiger partial charge is 0.299 e. The molecule has 0 aliphatic heterocycles. The molecule has 0 bridgehead atoms. The molecule has 0 N–H and O–H groups in total. The van der Waals surface area contributed by atoms with Gasteiger partial charge in [-0.3, -0.25) is 4.79 Å². The molecule has 80 valence electrons. The number of carbonyl (C=O) groups excluding carboxylic acids is 1. The van der Waals surface area contributed by atoms with Crippen molar-refractivity contribution in [3.05, 3.63) is 35.9 Å². The molecule has 0 heterocycles. The minimum atomic E-state index is 0.281. The van der Waals surface area contributed by atoms with Gasteiger partial charge in [-0.2, -0.15) is 0 Å². The summed E-state index contributed by atoms with van der Waals surface area (Å²) in [4.78, 5) is 11.8. The summed E-state index contributed by atoms with van der Waals surface area (Å²) in [5, 5.41) is 0. The van der Waals surface area contributed by atoms with Gasteiger partial charge in [-0.1, -0.05) is 37.3 Å². The van der Waals surface area contributed by atoms with Gasteiger partial charge in [0, 0.05) is 12.3 Å². The minimum Gasteiger partial charge on any atom is -0.299 e. The molecule has 1 nitrogen and oxygen atoms in total. The van der Waals surface area contributed by atoms with Gasteiger partial charge >= 0.3 is 0 Å². The van der Waals surface area contributed by atoms with E-state index in [2.05, 4.69) is 19.1 Å². The number of carbonyl (C=O) groups is 1. The second-order valence-electron chi connectivity index (χ2n) is 4.74. The van der Waals surface area contributed by atoms with Crippen LogP contribution in [-0.2, 0) is 11.2 Å². The fraction of sp³-hybridized carbons (Fsp3) is 0.500. The number of benzene rings is 1. The topological polar surface area (TPSA) is 17.1 Å². The Labute approximate surface area is 91.5 Å². The average Bonchev–Trinajstić information content (AvgIpc) is 2.24. The maximum absolute atomic E-state index is 11.8. The summed E-state index contributed by atoms with van der Waals surface area (Å²) in [7, 11) is 0. The summed E-state index contributed by atoms with van der Waals surface area (Å²) >= 11 is 0. The van der Waals surface area contributed by atoms with E-state index in [4.69, 9.17) is 0 Å². The quantitative estimate of drug-likeness (QED) is 0.719. The van der Waals surface area contributed by atoms with E-state index in [0.717, 1.165) is 19.3 Å². The van der Waals surface area contributed by atoms with E-state index < -0.39 is 0 Å². The van der Waals surface area contributed by atoms with Crippen LogP contribution in [0.25, 0.3) is 0 Å². The van der Waals surface area contributed by atoms with Gasteiger partial charge < -0.3 is 0 Å². The molecule has 0 spiro atoms. The molecule has 2 rings (SSSR count). The van der Waals surface area contributed by atoms with E-state index in [1.807, 2.05) is 18.2 Å². The number of ketones is 1. The lowest BCUT2D eigenvalue weighted by Gasteiger charge is -2.24. The fourth-order valence-corrected chi connectivity index (χ4v) is 2.37. The summed E-state index contributed by atoms with van der Waals surface area (Å²) in [6.45, 7) is 2.18. The zero-order valence-electron chi connectivity index (χ0n) is 9.28. The van der Waals surface area contributed by atoms with Gasteiger partial charge in [0.1, 0.15) is 5.78 Å². The Hall–Kier alpha value is -1.11. The summed E-state index contributed by atoms with van der Waals surface area (Å²) in [5.41, 5.74) is 1.30. The van der Waals surface area contributed by atoms with E-state index in [9.17, 15) is 4.79 Å². The molecular weight excluding hydrogens is 184 g/mol. The lowest BCUT2D eigenvalue weighted by atomic mass is 9.79. The molecule has 0 amide bonds. The molecule has 0 aromatic heterocycles. The zero-order valence-corrected chi connectivity index (χ0v) is 9.28. The van der Waals surface area contributed by atoms with E-state index >= 15 is 0 Å². The Bertz CT molecular complexity index is 328. The molecule has 2 atom stereocenters. The Morgan fingerprint density at radius 2 is 1.93 bits per heavy atom. The van der Waals surface area contributed by atoms with Crippen molar-refractivity contribution < 1.29 is 4.79 Å². The van der Waals surface area contributed by atoms with Crippen LogP contribution in [0.15, 0.2) is 30.3 Å². The van der Waals surface area contributed by atoms with E-state index in [0.29, 0.717) is 11.7 Å². The van der Waals surface area contributed by atoms with Crippen molar-refractivity contribution in [1.29, 1.82) is 0 Å². The molecule has 1 aromatic rings. The highest BCUT2D eigenvalue weighted by Crippen LogP contribution is 2.27. The first-order chi connectivity index (χ1) is 7.25. The zero-order chi connectivity index (χ0) is 10.7. The maximum atomic E-state index is 11.8. The Morgan fingerprint density at radius 3 is 2.60 bits per heavy atom. The smallest absolute Gasteiger partial charge is 0.136 e. The van der Waals surface area contributed by atoms with Crippen molar-refractivity contribution in [2.24, 2.45) is 11.8 Å². The maximum Gasteiger partial charge on any atom is 0.136 e. The van der Waals surface area contributed by atoms with Gasteiger partial charge in [0.2, 0.25) is 0 Å². The molecule has 1 aliphatic carbocycles. The van der Waals surface area contributed by atoms with Crippen LogP contribution >= 0.6 is 0 Å². The third-order valence-electron chi connectivity index (χ3n) is 3.34. The van der Waals surface area contributed by atoms with Crippen molar-refractivity contribution in [2.45, 2.75) is 32.6 Å². The van der Waals surface area contributed by atoms with Crippen LogP contribution in [0.2, 0.25) is 0 Å². The van der Waals surface area contributed by atoms with Crippen LogP contribution in [0.4, 0.5) is 0 Å². The third-order valence-corrected chi connectivity index (χ3v) is 3.34. The lowest BCUT2D eigenvalue weighted by molar-refractivity contribution is -0.125. The van der Waals surface area contributed by atoms with Crippen LogP contribution in [-0.4, -0.2) is 5.78 Å². The van der Waals surface area contributed by atoms with E-state index in [1.54, 1.807) is 0 Å². The Balaban J connectivity index is 1.98. The predicted octanol–water partition coefficient (Wildman–Crippen LogP) is 3.23. The molecule has 1 fully saturated rings. The molecule has 15 heavy (non-hydrogen) atoms. The molecule has 0 saturated heterocycles. The van der Waals surface area contributed by atoms with Crippen LogP contribution < -0.4 is 0 Å². The fourth-order valence-electron chi connectivity index (χ4n) is 2.37. The van der Waals surface area contributed by atoms with Crippen molar-refractivity contribution in [2.75, 3.05) is 0 Å². The molecule has 0 radical (unpaired) electrons. The highest BCUT2D eigenvalue weighted by atomic mass is 16.1. The molecule has 1 aromatic carbocycles. The molecule has 1 unspecified atom stereocenters. The second kappa shape index (κ2) is 4.61. The van der Waals surface area contributed by atoms with Gasteiger partial charge in [0.25, 0.3) is 0 Å². The SMILES string of the molecule is C[C@@H]1CCC(Cc2ccccc2)C(=O)C1. The summed E-state index contributed by atoms with van der Waals surface area (Å²) < 4.78 is 0. The normalized spacial score (nSPS) is 26.6. The van der Waals surface area contributed by atoms with Crippen molar-refractivity contribution in [1.82, 2.24) is 0 Å². The van der Waals surface area contributed by atoms with Crippen LogP contribution in [0.3, 0.4) is 0 Å². The van der Waals surface area contributed by atoms with Crippen molar-refractivity contribution >= 4 is 5.78 Å². The number of rotatable bonds is 2. The van der Waals surface area contributed by atoms with E-state index in [-0.39, 0.29) is 5.92 Å². The van der Waals surface area contributed by atoms with Crippen LogP contribution in [0.1, 0.15) is 31.7 Å².